The smallest absolute Gasteiger partial charge is 0.214 e. The Labute approximate surface area is 155 Å². The summed E-state index contributed by atoms with van der Waals surface area (Å²) < 4.78 is 0. The van der Waals surface area contributed by atoms with Crippen molar-refractivity contribution in [3.63, 3.8) is 0 Å². The predicted octanol–water partition coefficient (Wildman–Crippen LogP) is 3.86. The van der Waals surface area contributed by atoms with Gasteiger partial charge in [0.1, 0.15) is 0 Å². The summed E-state index contributed by atoms with van der Waals surface area (Å²) in [7, 11) is 1.99. The lowest BCUT2D eigenvalue weighted by Crippen LogP contribution is -2.35. The normalized spacial score (nSPS) is 20.4. The van der Waals surface area contributed by atoms with Crippen molar-refractivity contribution in [2.75, 3.05) is 20.1 Å². The molecule has 0 fully saturated rings. The minimum absolute atomic E-state index is 0.194. The maximum absolute atomic E-state index is 4.99. The van der Waals surface area contributed by atoms with Crippen molar-refractivity contribution in [3.05, 3.63) is 35.0 Å². The van der Waals surface area contributed by atoms with Crippen molar-refractivity contribution in [2.24, 2.45) is 15.5 Å². The van der Waals surface area contributed by atoms with Crippen molar-refractivity contribution in [1.82, 2.24) is 15.3 Å². The minimum atomic E-state index is 0.194. The number of H-pyrrole nitrogens is 1. The first-order valence-electron chi connectivity index (χ1n) is 9.58. The molecule has 0 atom stereocenters. The van der Waals surface area contributed by atoms with Crippen LogP contribution in [0.2, 0.25) is 0 Å². The monoisotopic (exact) mass is 351 g/mol. The van der Waals surface area contributed by atoms with Crippen LogP contribution in [0.25, 0.3) is 10.9 Å². The zero-order chi connectivity index (χ0) is 18.5. The SMILES string of the molecule is CC(C)c1ccc2[nH]c3c(c2c1)/C(=N/N(C)C1=NCCN1)CC(C)(C)C3. The fraction of sp³-hybridized carbons (Fsp3) is 0.524. The lowest BCUT2D eigenvalue weighted by atomic mass is 9.75. The van der Waals surface area contributed by atoms with Crippen LogP contribution in [0.5, 0.6) is 0 Å². The van der Waals surface area contributed by atoms with E-state index in [1.807, 2.05) is 12.1 Å². The highest BCUT2D eigenvalue weighted by Gasteiger charge is 2.33. The highest BCUT2D eigenvalue weighted by molar-refractivity contribution is 6.13. The van der Waals surface area contributed by atoms with Crippen molar-refractivity contribution >= 4 is 22.6 Å². The topological polar surface area (TPSA) is 55.8 Å². The van der Waals surface area contributed by atoms with E-state index < -0.39 is 0 Å². The standard InChI is InChI=1S/C21H29N5/c1-13(2)14-6-7-16-15(10-14)19-17(24-16)11-21(3,4)12-18(19)25-26(5)20-22-8-9-23-20/h6-7,10,13,24H,8-9,11-12H2,1-5H3,(H,22,23)/b25-18+. The molecule has 1 aliphatic carbocycles. The van der Waals surface area contributed by atoms with Crippen LogP contribution in [0, 0.1) is 5.41 Å². The van der Waals surface area contributed by atoms with Crippen LogP contribution in [-0.4, -0.2) is 41.8 Å². The molecule has 0 spiro atoms. The Morgan fingerprint density at radius 2 is 2.04 bits per heavy atom. The van der Waals surface area contributed by atoms with Gasteiger partial charge < -0.3 is 10.3 Å². The lowest BCUT2D eigenvalue weighted by Gasteiger charge is -2.31. The van der Waals surface area contributed by atoms with E-state index in [1.165, 1.54) is 27.7 Å². The number of fused-ring (bicyclic) bond motifs is 3. The van der Waals surface area contributed by atoms with E-state index in [-0.39, 0.29) is 5.41 Å². The first-order chi connectivity index (χ1) is 12.3. The van der Waals surface area contributed by atoms with Gasteiger partial charge in [0.25, 0.3) is 0 Å². The van der Waals surface area contributed by atoms with Gasteiger partial charge in [-0.3, -0.25) is 0 Å². The Hall–Kier alpha value is -2.30. The third-order valence-electron chi connectivity index (χ3n) is 5.39. The second-order valence-electron chi connectivity index (χ2n) is 8.66. The number of nitrogens with zero attached hydrogens (tertiary/aromatic N) is 3. The Balaban J connectivity index is 1.85. The van der Waals surface area contributed by atoms with Gasteiger partial charge in [0.2, 0.25) is 5.96 Å². The van der Waals surface area contributed by atoms with Crippen LogP contribution in [-0.2, 0) is 6.42 Å². The van der Waals surface area contributed by atoms with Gasteiger partial charge in [-0.15, -0.1) is 0 Å². The first kappa shape index (κ1) is 17.1. The van der Waals surface area contributed by atoms with Crippen LogP contribution < -0.4 is 5.32 Å². The van der Waals surface area contributed by atoms with Crippen molar-refractivity contribution in [1.29, 1.82) is 0 Å². The minimum Gasteiger partial charge on any atom is -0.358 e. The summed E-state index contributed by atoms with van der Waals surface area (Å²) in [6, 6.07) is 6.80. The molecule has 2 N–H and O–H groups in total. The van der Waals surface area contributed by atoms with Gasteiger partial charge in [0.05, 0.1) is 12.3 Å². The summed E-state index contributed by atoms with van der Waals surface area (Å²) in [5.74, 6) is 1.38. The van der Waals surface area contributed by atoms with E-state index in [1.54, 1.807) is 0 Å². The Bertz CT molecular complexity index is 901. The Morgan fingerprint density at radius 1 is 1.23 bits per heavy atom. The van der Waals surface area contributed by atoms with Crippen LogP contribution in [0.4, 0.5) is 0 Å². The zero-order valence-corrected chi connectivity index (χ0v) is 16.5. The number of hydrogen-bond donors (Lipinski definition) is 2. The Kier molecular flexibility index (Phi) is 4.05. The number of guanidine groups is 1. The van der Waals surface area contributed by atoms with E-state index in [9.17, 15) is 0 Å². The molecule has 0 amide bonds. The largest absolute Gasteiger partial charge is 0.358 e. The molecular formula is C21H29N5. The number of benzene rings is 1. The average Bonchev–Trinajstić information content (AvgIpc) is 3.20. The van der Waals surface area contributed by atoms with Gasteiger partial charge in [0.15, 0.2) is 0 Å². The van der Waals surface area contributed by atoms with E-state index >= 15 is 0 Å². The quantitative estimate of drug-likeness (QED) is 0.807. The molecule has 138 valence electrons. The van der Waals surface area contributed by atoms with Crippen LogP contribution in [0.1, 0.15) is 56.9 Å². The fourth-order valence-corrected chi connectivity index (χ4v) is 4.09. The van der Waals surface area contributed by atoms with E-state index in [0.29, 0.717) is 5.92 Å². The molecule has 1 aromatic carbocycles. The maximum atomic E-state index is 4.99. The second-order valence-corrected chi connectivity index (χ2v) is 8.66. The third-order valence-corrected chi connectivity index (χ3v) is 5.39. The molecule has 0 radical (unpaired) electrons. The predicted molar refractivity (Wildman–Crippen MR) is 109 cm³/mol. The highest BCUT2D eigenvalue weighted by atomic mass is 15.5. The van der Waals surface area contributed by atoms with Crippen molar-refractivity contribution in [2.45, 2.75) is 46.5 Å². The molecule has 0 saturated heterocycles. The number of hydrazone groups is 1. The number of aromatic nitrogens is 1. The van der Waals surface area contributed by atoms with E-state index in [0.717, 1.165) is 37.6 Å². The third kappa shape index (κ3) is 3.00. The fourth-order valence-electron chi connectivity index (χ4n) is 4.09. The van der Waals surface area contributed by atoms with Gasteiger partial charge >= 0.3 is 0 Å². The van der Waals surface area contributed by atoms with Crippen LogP contribution in [0.15, 0.2) is 28.3 Å². The van der Waals surface area contributed by atoms with Gasteiger partial charge in [-0.1, -0.05) is 33.8 Å². The molecule has 2 aliphatic rings. The summed E-state index contributed by atoms with van der Waals surface area (Å²) >= 11 is 0. The van der Waals surface area contributed by atoms with E-state index in [2.05, 4.69) is 61.2 Å². The molecule has 26 heavy (non-hydrogen) atoms. The maximum Gasteiger partial charge on any atom is 0.214 e. The van der Waals surface area contributed by atoms with Crippen LogP contribution in [0.3, 0.4) is 0 Å². The molecule has 0 saturated carbocycles. The summed E-state index contributed by atoms with van der Waals surface area (Å²) in [5, 5.41) is 11.5. The molecule has 2 aromatic rings. The summed E-state index contributed by atoms with van der Waals surface area (Å²) in [6.07, 6.45) is 2.02. The highest BCUT2D eigenvalue weighted by Crippen LogP contribution is 2.39. The van der Waals surface area contributed by atoms with Crippen molar-refractivity contribution in [3.8, 4) is 0 Å². The molecule has 0 unspecified atom stereocenters. The van der Waals surface area contributed by atoms with Crippen LogP contribution >= 0.6 is 0 Å². The Morgan fingerprint density at radius 3 is 2.73 bits per heavy atom. The van der Waals surface area contributed by atoms with Gasteiger partial charge in [-0.05, 0) is 41.9 Å². The molecule has 2 heterocycles. The molecule has 0 bridgehead atoms. The van der Waals surface area contributed by atoms with E-state index in [4.69, 9.17) is 5.10 Å². The number of hydrogen-bond acceptors (Lipinski definition) is 4. The summed E-state index contributed by atoms with van der Waals surface area (Å²) in [6.45, 7) is 10.9. The molecule has 4 rings (SSSR count). The number of aromatic amines is 1. The summed E-state index contributed by atoms with van der Waals surface area (Å²) in [4.78, 5) is 8.16. The van der Waals surface area contributed by atoms with Gasteiger partial charge in [-0.2, -0.15) is 5.10 Å². The molecule has 5 nitrogen and oxygen atoms in total. The summed E-state index contributed by atoms with van der Waals surface area (Å²) in [5.41, 5.74) is 6.54. The second kappa shape index (κ2) is 6.15. The molecule has 1 aromatic heterocycles. The van der Waals surface area contributed by atoms with Gasteiger partial charge in [0, 0.05) is 35.8 Å². The lowest BCUT2D eigenvalue weighted by molar-refractivity contribution is 0.365. The first-order valence-corrected chi connectivity index (χ1v) is 9.58. The molecular weight excluding hydrogens is 322 g/mol. The average molecular weight is 351 g/mol. The van der Waals surface area contributed by atoms with Crippen molar-refractivity contribution < 1.29 is 0 Å². The van der Waals surface area contributed by atoms with Gasteiger partial charge in [-0.25, -0.2) is 10.0 Å². The number of aliphatic imine (C=N–C) groups is 1. The molecule has 5 heteroatoms. The number of nitrogens with one attached hydrogen (secondary N) is 2. The zero-order valence-electron chi connectivity index (χ0n) is 16.5. The molecule has 1 aliphatic heterocycles. The number of rotatable bonds is 2.